The second-order valence-corrected chi connectivity index (χ2v) is 16.1. The van der Waals surface area contributed by atoms with E-state index >= 15 is 0 Å². The fraction of sp³-hybridized carbons (Fsp3) is 0.250. The number of methoxy groups -OCH3 is 1. The molecule has 2 heterocycles. The summed E-state index contributed by atoms with van der Waals surface area (Å²) in [6, 6.07) is 32.2. The average Bonchev–Trinajstić information content (AvgIpc) is 3.81. The number of ether oxygens (including phenoxy) is 2. The lowest BCUT2D eigenvalue weighted by Crippen LogP contribution is -2.57. The number of benzene rings is 4. The fourth-order valence-corrected chi connectivity index (χ4v) is 8.32. The maximum Gasteiger partial charge on any atom is 0.264 e. The third-order valence-electron chi connectivity index (χ3n) is 10.7. The van der Waals surface area contributed by atoms with Gasteiger partial charge < -0.3 is 25.0 Å². The van der Waals surface area contributed by atoms with E-state index in [-0.39, 0.29) is 30.2 Å². The highest BCUT2D eigenvalue weighted by Gasteiger charge is 2.61. The minimum Gasteiger partial charge on any atom is -0.497 e. The molecular formula is C44H43N5O8S. The van der Waals surface area contributed by atoms with Crippen LogP contribution in [0.3, 0.4) is 0 Å². The first kappa shape index (κ1) is 39.7. The van der Waals surface area contributed by atoms with Crippen molar-refractivity contribution in [1.29, 1.82) is 0 Å². The molecule has 14 heteroatoms. The molecular weight excluding hydrogens is 759 g/mol. The van der Waals surface area contributed by atoms with Crippen LogP contribution < -0.4 is 24.8 Å². The Kier molecular flexibility index (Phi) is 11.3. The predicted octanol–water partition coefficient (Wildman–Crippen LogP) is 4.74. The zero-order valence-corrected chi connectivity index (χ0v) is 32.8. The summed E-state index contributed by atoms with van der Waals surface area (Å²) in [5, 5.41) is 6.17. The molecule has 1 aliphatic carbocycles. The van der Waals surface area contributed by atoms with Crippen molar-refractivity contribution in [3.8, 4) is 22.8 Å². The summed E-state index contributed by atoms with van der Waals surface area (Å²) in [5.41, 5.74) is 1.23. The normalized spacial score (nSPS) is 20.4. The molecule has 0 bridgehead atoms. The highest BCUT2D eigenvalue weighted by Crippen LogP contribution is 2.45. The Morgan fingerprint density at radius 3 is 2.28 bits per heavy atom. The van der Waals surface area contributed by atoms with Crippen molar-refractivity contribution in [2.24, 2.45) is 5.92 Å². The highest BCUT2D eigenvalue weighted by molar-refractivity contribution is 7.90. The maximum atomic E-state index is 14.3. The van der Waals surface area contributed by atoms with E-state index in [0.29, 0.717) is 28.1 Å². The minimum absolute atomic E-state index is 0.0192. The number of hydrogen-bond donors (Lipinski definition) is 3. The van der Waals surface area contributed by atoms with E-state index in [1.165, 1.54) is 35.2 Å². The number of hydrogen-bond acceptors (Lipinski definition) is 9. The van der Waals surface area contributed by atoms with Crippen LogP contribution in [0.2, 0.25) is 0 Å². The summed E-state index contributed by atoms with van der Waals surface area (Å²) >= 11 is 0. The maximum absolute atomic E-state index is 14.3. The van der Waals surface area contributed by atoms with Gasteiger partial charge in [0.15, 0.2) is 0 Å². The lowest BCUT2D eigenvalue weighted by molar-refractivity contribution is -0.140. The fourth-order valence-electron chi connectivity index (χ4n) is 7.26. The summed E-state index contributed by atoms with van der Waals surface area (Å²) in [7, 11) is -2.70. The first-order valence-corrected chi connectivity index (χ1v) is 20.3. The van der Waals surface area contributed by atoms with Crippen LogP contribution in [-0.2, 0) is 29.2 Å². The Balaban J connectivity index is 1.16. The number of likely N-dealkylation sites (tertiary alicyclic amines) is 1. The molecule has 1 aliphatic heterocycles. The van der Waals surface area contributed by atoms with E-state index in [4.69, 9.17) is 14.5 Å². The van der Waals surface area contributed by atoms with Crippen LogP contribution >= 0.6 is 0 Å². The SMILES string of the molecule is C=C[C@@H]1C[C@]1(NC(=O)[C@@H]1C[C@@H](Oc2cc(-c3ccccc3)nc3cc(OC)ccc23)CN1C(=O)CNC(=O)C(C)c1ccccc1)C(=O)NS(=O)(=O)c1ccccc1. The molecule has 1 saturated carbocycles. The van der Waals surface area contributed by atoms with Crippen LogP contribution in [0, 0.1) is 5.92 Å². The first-order chi connectivity index (χ1) is 27.9. The number of aromatic nitrogens is 1. The van der Waals surface area contributed by atoms with Crippen LogP contribution in [0.4, 0.5) is 0 Å². The van der Waals surface area contributed by atoms with Crippen molar-refractivity contribution in [2.45, 2.75) is 48.3 Å². The molecule has 3 N–H and O–H groups in total. The molecule has 58 heavy (non-hydrogen) atoms. The van der Waals surface area contributed by atoms with Gasteiger partial charge in [-0.05, 0) is 43.2 Å². The quantitative estimate of drug-likeness (QED) is 0.134. The summed E-state index contributed by atoms with van der Waals surface area (Å²) in [4.78, 5) is 61.3. The van der Waals surface area contributed by atoms with Gasteiger partial charge in [0.05, 0.1) is 42.2 Å². The van der Waals surface area contributed by atoms with Gasteiger partial charge >= 0.3 is 0 Å². The van der Waals surface area contributed by atoms with Gasteiger partial charge in [-0.3, -0.25) is 19.2 Å². The number of nitrogens with one attached hydrogen (secondary N) is 3. The molecule has 4 amide bonds. The monoisotopic (exact) mass is 801 g/mol. The average molecular weight is 802 g/mol. The van der Waals surface area contributed by atoms with Crippen molar-refractivity contribution >= 4 is 44.6 Å². The van der Waals surface area contributed by atoms with E-state index in [0.717, 1.165) is 11.1 Å². The van der Waals surface area contributed by atoms with Crippen LogP contribution in [-0.4, -0.2) is 79.8 Å². The summed E-state index contributed by atoms with van der Waals surface area (Å²) in [5.74, 6) is -2.58. The van der Waals surface area contributed by atoms with Gasteiger partial charge in [-0.25, -0.2) is 18.1 Å². The van der Waals surface area contributed by atoms with Gasteiger partial charge in [0.1, 0.15) is 29.2 Å². The molecule has 4 aromatic carbocycles. The number of rotatable bonds is 14. The molecule has 5 atom stereocenters. The molecule has 5 aromatic rings. The lowest BCUT2D eigenvalue weighted by Gasteiger charge is -2.26. The second-order valence-electron chi connectivity index (χ2n) is 14.4. The van der Waals surface area contributed by atoms with Gasteiger partial charge in [0.2, 0.25) is 17.7 Å². The summed E-state index contributed by atoms with van der Waals surface area (Å²) in [6.45, 7) is 5.08. The predicted molar refractivity (Wildman–Crippen MR) is 217 cm³/mol. The van der Waals surface area contributed by atoms with Crippen LogP contribution in [0.5, 0.6) is 11.5 Å². The van der Waals surface area contributed by atoms with Crippen molar-refractivity contribution in [2.75, 3.05) is 20.2 Å². The van der Waals surface area contributed by atoms with E-state index in [1.807, 2.05) is 66.7 Å². The van der Waals surface area contributed by atoms with E-state index in [2.05, 4.69) is 21.9 Å². The summed E-state index contributed by atoms with van der Waals surface area (Å²) < 4.78 is 40.5. The molecule has 0 spiro atoms. The smallest absolute Gasteiger partial charge is 0.264 e. The topological polar surface area (TPSA) is 173 Å². The number of sulfonamides is 1. The number of carbonyl (C=O) groups is 4. The Morgan fingerprint density at radius 2 is 1.62 bits per heavy atom. The van der Waals surface area contributed by atoms with E-state index in [1.54, 1.807) is 38.3 Å². The molecule has 1 unspecified atom stereocenters. The van der Waals surface area contributed by atoms with Crippen LogP contribution in [0.1, 0.15) is 31.2 Å². The number of nitrogens with zero attached hydrogens (tertiary/aromatic N) is 2. The Morgan fingerprint density at radius 1 is 0.948 bits per heavy atom. The van der Waals surface area contributed by atoms with Gasteiger partial charge in [-0.15, -0.1) is 6.58 Å². The molecule has 2 fully saturated rings. The number of amides is 4. The number of pyridine rings is 1. The van der Waals surface area contributed by atoms with Crippen molar-refractivity contribution in [3.05, 3.63) is 133 Å². The Bertz CT molecular complexity index is 2470. The summed E-state index contributed by atoms with van der Waals surface area (Å²) in [6.07, 6.45) is 0.884. The Labute approximate surface area is 336 Å². The molecule has 1 aromatic heterocycles. The van der Waals surface area contributed by atoms with Gasteiger partial charge in [0, 0.05) is 35.4 Å². The highest BCUT2D eigenvalue weighted by atomic mass is 32.2. The first-order valence-electron chi connectivity index (χ1n) is 18.8. The van der Waals surface area contributed by atoms with E-state index < -0.39 is 63.8 Å². The van der Waals surface area contributed by atoms with E-state index in [9.17, 15) is 27.6 Å². The zero-order valence-electron chi connectivity index (χ0n) is 32.0. The lowest BCUT2D eigenvalue weighted by atomic mass is 10.0. The molecule has 0 radical (unpaired) electrons. The third-order valence-corrected chi connectivity index (χ3v) is 12.0. The van der Waals surface area contributed by atoms with Gasteiger partial charge in [0.25, 0.3) is 15.9 Å². The molecule has 13 nitrogen and oxygen atoms in total. The molecule has 7 rings (SSSR count). The van der Waals surface area contributed by atoms with Crippen molar-refractivity contribution in [1.82, 2.24) is 25.2 Å². The van der Waals surface area contributed by atoms with Crippen molar-refractivity contribution < 1.29 is 37.1 Å². The standard InChI is InChI=1S/C44H43N5O8S/c1-4-31-25-44(31,43(53)48-58(54,55)34-18-12-7-13-19-34)47-42(52)38-23-33(27-49(38)40(50)26-45-41(51)28(2)29-14-8-5-9-15-29)57-39-24-36(30-16-10-6-11-17-30)46-37-22-32(56-3)20-21-35(37)39/h4-22,24,28,31,33,38H,1,23,25-27H2,2-3H3,(H,45,51)(H,47,52)(H,48,53)/t28?,31-,33-,38+,44-/m1/s1. The minimum atomic E-state index is -4.27. The number of fused-ring (bicyclic) bond motifs is 1. The third kappa shape index (κ3) is 8.28. The molecule has 298 valence electrons. The van der Waals surface area contributed by atoms with Gasteiger partial charge in [-0.2, -0.15) is 0 Å². The molecule has 2 aliphatic rings. The van der Waals surface area contributed by atoms with Crippen LogP contribution in [0.25, 0.3) is 22.2 Å². The van der Waals surface area contributed by atoms with Crippen LogP contribution in [0.15, 0.2) is 133 Å². The largest absolute Gasteiger partial charge is 0.497 e. The van der Waals surface area contributed by atoms with Crippen molar-refractivity contribution in [3.63, 3.8) is 0 Å². The number of carbonyl (C=O) groups excluding carboxylic acids is 4. The Hall–Kier alpha value is -6.54. The zero-order chi connectivity index (χ0) is 41.0. The molecule has 1 saturated heterocycles. The van der Waals surface area contributed by atoms with Gasteiger partial charge in [-0.1, -0.05) is 84.9 Å². The second kappa shape index (κ2) is 16.5.